The number of carbonyl (C=O) groups is 1. The van der Waals surface area contributed by atoms with Crippen LogP contribution >= 0.6 is 0 Å². The van der Waals surface area contributed by atoms with E-state index in [9.17, 15) is 9.90 Å². The maximum atomic E-state index is 10.8. The molecule has 2 aliphatic rings. The average molecular weight is 383 g/mol. The van der Waals surface area contributed by atoms with Crippen molar-refractivity contribution in [2.75, 3.05) is 0 Å². The first kappa shape index (κ1) is 20.5. The summed E-state index contributed by atoms with van der Waals surface area (Å²) in [6, 6.07) is 6.15. The molecule has 150 valence electrons. The van der Waals surface area contributed by atoms with E-state index in [-0.39, 0.29) is 30.5 Å². The standard InChI is InChI=1S/C24H30O4/c1-3-4-8-16(2)9-5-12-18-20(25)15-21-23(18)19-13-6-10-17(24(19)28-21)11-7-14-22(26)27/h5-6,10,12-13,16,18,20-21,23,25H,7-9,11,14-15H2,1-2H3,(H,26,27)/b12-5+/t16?,18?,20-,21+,23+/m1/s1. The Balaban J connectivity index is 1.71. The molecule has 5 atom stereocenters. The van der Waals surface area contributed by atoms with Crippen LogP contribution in [-0.2, 0) is 11.2 Å². The van der Waals surface area contributed by atoms with Crippen LogP contribution < -0.4 is 4.74 Å². The van der Waals surface area contributed by atoms with Crippen molar-refractivity contribution in [2.24, 2.45) is 11.8 Å². The van der Waals surface area contributed by atoms with Gasteiger partial charge < -0.3 is 14.9 Å². The van der Waals surface area contributed by atoms with Crippen LogP contribution in [0, 0.1) is 23.7 Å². The van der Waals surface area contributed by atoms with E-state index in [2.05, 4.69) is 37.0 Å². The van der Waals surface area contributed by atoms with Crippen molar-refractivity contribution in [3.63, 3.8) is 0 Å². The number of allylic oxidation sites excluding steroid dienone is 1. The highest BCUT2D eigenvalue weighted by atomic mass is 16.5. The molecule has 1 fully saturated rings. The molecule has 1 saturated carbocycles. The number of para-hydroxylation sites is 1. The number of aryl methyl sites for hydroxylation is 1. The predicted molar refractivity (Wildman–Crippen MR) is 109 cm³/mol. The van der Waals surface area contributed by atoms with Gasteiger partial charge in [-0.15, -0.1) is 11.8 Å². The Hall–Kier alpha value is -2.25. The minimum absolute atomic E-state index is 0.00338. The molecule has 0 bridgehead atoms. The Morgan fingerprint density at radius 2 is 2.25 bits per heavy atom. The third-order valence-corrected chi connectivity index (χ3v) is 5.85. The highest BCUT2D eigenvalue weighted by Crippen LogP contribution is 2.52. The summed E-state index contributed by atoms with van der Waals surface area (Å²) in [5.74, 6) is 6.96. The van der Waals surface area contributed by atoms with Crippen molar-refractivity contribution in [2.45, 2.75) is 70.5 Å². The smallest absolute Gasteiger partial charge is 0.303 e. The normalized spacial score (nSPS) is 26.2. The average Bonchev–Trinajstić information content (AvgIpc) is 3.16. The van der Waals surface area contributed by atoms with Gasteiger partial charge in [0.05, 0.1) is 6.10 Å². The lowest BCUT2D eigenvalue weighted by Gasteiger charge is -2.17. The minimum atomic E-state index is -0.766. The van der Waals surface area contributed by atoms with Crippen LogP contribution in [0.15, 0.2) is 30.4 Å². The third-order valence-electron chi connectivity index (χ3n) is 5.85. The number of rotatable bonds is 8. The highest BCUT2D eigenvalue weighted by Gasteiger charge is 2.48. The number of carboxylic acid groups (broad SMARTS) is 1. The van der Waals surface area contributed by atoms with E-state index in [4.69, 9.17) is 9.84 Å². The topological polar surface area (TPSA) is 66.8 Å². The van der Waals surface area contributed by atoms with Gasteiger partial charge in [0, 0.05) is 36.7 Å². The fourth-order valence-corrected chi connectivity index (χ4v) is 4.42. The Morgan fingerprint density at radius 1 is 1.43 bits per heavy atom. The maximum absolute atomic E-state index is 10.8. The van der Waals surface area contributed by atoms with Gasteiger partial charge in [0.2, 0.25) is 0 Å². The Bertz CT molecular complexity index is 786. The largest absolute Gasteiger partial charge is 0.489 e. The molecule has 4 nitrogen and oxygen atoms in total. The zero-order valence-electron chi connectivity index (χ0n) is 16.7. The summed E-state index contributed by atoms with van der Waals surface area (Å²) in [4.78, 5) is 10.8. The number of benzene rings is 1. The van der Waals surface area contributed by atoms with Crippen molar-refractivity contribution in [3.8, 4) is 17.6 Å². The van der Waals surface area contributed by atoms with E-state index in [1.165, 1.54) is 0 Å². The molecule has 0 radical (unpaired) electrons. The van der Waals surface area contributed by atoms with E-state index in [1.54, 1.807) is 0 Å². The molecule has 0 saturated heterocycles. The van der Waals surface area contributed by atoms with Crippen LogP contribution in [0.1, 0.15) is 63.0 Å². The van der Waals surface area contributed by atoms with Crippen molar-refractivity contribution >= 4 is 5.97 Å². The number of hydrogen-bond donors (Lipinski definition) is 2. The second-order valence-corrected chi connectivity index (χ2v) is 8.05. The van der Waals surface area contributed by atoms with Crippen LogP contribution in [0.2, 0.25) is 0 Å². The predicted octanol–water partition coefficient (Wildman–Crippen LogP) is 4.32. The summed E-state index contributed by atoms with van der Waals surface area (Å²) in [7, 11) is 0. The van der Waals surface area contributed by atoms with Gasteiger partial charge in [-0.05, 0) is 37.7 Å². The molecule has 4 heteroatoms. The molecule has 1 heterocycles. The number of aliphatic hydroxyl groups is 1. The van der Waals surface area contributed by atoms with E-state index < -0.39 is 5.97 Å². The van der Waals surface area contributed by atoms with Gasteiger partial charge in [0.15, 0.2) is 0 Å². The molecule has 1 aliphatic carbocycles. The molecular weight excluding hydrogens is 352 g/mol. The fraction of sp³-hybridized carbons (Fsp3) is 0.542. The molecule has 0 spiro atoms. The number of ether oxygens (including phenoxy) is 1. The number of aliphatic hydroxyl groups excluding tert-OH is 1. The molecule has 1 aromatic rings. The van der Waals surface area contributed by atoms with E-state index in [0.717, 1.165) is 29.7 Å². The Morgan fingerprint density at radius 3 is 3.00 bits per heavy atom. The van der Waals surface area contributed by atoms with E-state index in [1.807, 2.05) is 19.1 Å². The van der Waals surface area contributed by atoms with Crippen molar-refractivity contribution in [3.05, 3.63) is 41.5 Å². The van der Waals surface area contributed by atoms with Crippen LogP contribution in [0.5, 0.6) is 5.75 Å². The maximum Gasteiger partial charge on any atom is 0.303 e. The van der Waals surface area contributed by atoms with Crippen molar-refractivity contribution in [1.82, 2.24) is 0 Å². The van der Waals surface area contributed by atoms with Gasteiger partial charge >= 0.3 is 5.97 Å². The molecule has 0 aromatic heterocycles. The second-order valence-electron chi connectivity index (χ2n) is 8.05. The molecule has 1 aliphatic heterocycles. The minimum Gasteiger partial charge on any atom is -0.489 e. The quantitative estimate of drug-likeness (QED) is 0.519. The Labute approximate surface area is 167 Å². The Kier molecular flexibility index (Phi) is 6.80. The first-order valence-corrected chi connectivity index (χ1v) is 10.3. The van der Waals surface area contributed by atoms with Gasteiger partial charge in [-0.25, -0.2) is 0 Å². The zero-order valence-corrected chi connectivity index (χ0v) is 16.7. The van der Waals surface area contributed by atoms with Gasteiger partial charge in [-0.2, -0.15) is 0 Å². The summed E-state index contributed by atoms with van der Waals surface area (Å²) in [6.07, 6.45) is 7.94. The van der Waals surface area contributed by atoms with E-state index in [0.29, 0.717) is 25.2 Å². The first-order valence-electron chi connectivity index (χ1n) is 10.3. The van der Waals surface area contributed by atoms with E-state index >= 15 is 0 Å². The molecule has 2 unspecified atom stereocenters. The number of fused-ring (bicyclic) bond motifs is 3. The summed E-state index contributed by atoms with van der Waals surface area (Å²) in [5.41, 5.74) is 2.24. The SMILES string of the molecule is CC#CCC(C)C/C=C/C1[C@H](O)C[C@@H]2Oc3c(CCCC(=O)O)cccc3[C@H]12. The summed E-state index contributed by atoms with van der Waals surface area (Å²) in [6.45, 7) is 4.06. The number of hydrogen-bond acceptors (Lipinski definition) is 3. The number of carboxylic acids is 1. The molecule has 2 N–H and O–H groups in total. The van der Waals surface area contributed by atoms with Gasteiger partial charge in [-0.3, -0.25) is 4.79 Å². The summed E-state index contributed by atoms with van der Waals surface area (Å²) >= 11 is 0. The number of aliphatic carboxylic acids is 1. The zero-order chi connectivity index (χ0) is 20.1. The van der Waals surface area contributed by atoms with Crippen LogP contribution in [0.25, 0.3) is 0 Å². The van der Waals surface area contributed by atoms with Gasteiger partial charge in [-0.1, -0.05) is 37.3 Å². The molecule has 1 aromatic carbocycles. The van der Waals surface area contributed by atoms with Crippen LogP contribution in [-0.4, -0.2) is 28.4 Å². The lowest BCUT2D eigenvalue weighted by atomic mass is 9.86. The van der Waals surface area contributed by atoms with Crippen molar-refractivity contribution < 1.29 is 19.7 Å². The summed E-state index contributed by atoms with van der Waals surface area (Å²) < 4.78 is 6.24. The summed E-state index contributed by atoms with van der Waals surface area (Å²) in [5, 5.41) is 19.5. The molecular formula is C24H30O4. The third kappa shape index (κ3) is 4.59. The van der Waals surface area contributed by atoms with Gasteiger partial charge in [0.25, 0.3) is 0 Å². The molecule has 3 rings (SSSR count). The van der Waals surface area contributed by atoms with Crippen LogP contribution in [0.3, 0.4) is 0 Å². The second kappa shape index (κ2) is 9.30. The fourth-order valence-electron chi connectivity index (χ4n) is 4.42. The lowest BCUT2D eigenvalue weighted by molar-refractivity contribution is -0.137. The lowest BCUT2D eigenvalue weighted by Crippen LogP contribution is -2.16. The highest BCUT2D eigenvalue weighted by molar-refractivity contribution is 5.66. The van der Waals surface area contributed by atoms with Crippen molar-refractivity contribution in [1.29, 1.82) is 0 Å². The van der Waals surface area contributed by atoms with Gasteiger partial charge in [0.1, 0.15) is 11.9 Å². The monoisotopic (exact) mass is 382 g/mol. The molecule has 28 heavy (non-hydrogen) atoms. The first-order chi connectivity index (χ1) is 13.5. The van der Waals surface area contributed by atoms with Crippen LogP contribution in [0.4, 0.5) is 0 Å². The molecule has 0 amide bonds.